The average Bonchev–Trinajstić information content (AvgIpc) is 3.26. The van der Waals surface area contributed by atoms with E-state index in [4.69, 9.17) is 18.9 Å². The van der Waals surface area contributed by atoms with Crippen LogP contribution in [0.2, 0.25) is 0 Å². The molecule has 0 spiro atoms. The number of hydrogen-bond acceptors (Lipinski definition) is 7. The predicted molar refractivity (Wildman–Crippen MR) is 116 cm³/mol. The Morgan fingerprint density at radius 2 is 1.75 bits per heavy atom. The molecule has 162 valence electrons. The molecule has 3 aromatic carbocycles. The number of carbonyl (C=O) groups is 1. The third-order valence-electron chi connectivity index (χ3n) is 4.55. The van der Waals surface area contributed by atoms with Gasteiger partial charge in [-0.2, -0.15) is 0 Å². The summed E-state index contributed by atoms with van der Waals surface area (Å²) in [6.07, 6.45) is 2.57. The van der Waals surface area contributed by atoms with Gasteiger partial charge in [-0.25, -0.2) is 0 Å². The molecule has 0 aromatic heterocycles. The minimum atomic E-state index is -0.542. The third-order valence-corrected chi connectivity index (χ3v) is 4.55. The molecular weight excluding hydrogens is 416 g/mol. The number of hydrogen-bond donors (Lipinski definition) is 1. The Bertz CT molecular complexity index is 1190. The first kappa shape index (κ1) is 20.7. The molecule has 9 nitrogen and oxygen atoms in total. The number of anilines is 1. The summed E-state index contributed by atoms with van der Waals surface area (Å²) in [5.41, 5.74) is 0.582. The van der Waals surface area contributed by atoms with Gasteiger partial charge < -0.3 is 24.3 Å². The Hall–Kier alpha value is -4.53. The van der Waals surface area contributed by atoms with Crippen molar-refractivity contribution in [3.63, 3.8) is 0 Å². The number of nitrogens with zero attached hydrogens (tertiary/aromatic N) is 1. The number of nitrogens with one attached hydrogen (secondary N) is 1. The van der Waals surface area contributed by atoms with E-state index in [9.17, 15) is 14.9 Å². The molecule has 0 saturated carbocycles. The summed E-state index contributed by atoms with van der Waals surface area (Å²) in [5, 5.41) is 14.0. The number of rotatable bonds is 7. The fourth-order valence-corrected chi connectivity index (χ4v) is 3.02. The number of fused-ring (bicyclic) bond motifs is 1. The van der Waals surface area contributed by atoms with Gasteiger partial charge in [0.1, 0.15) is 5.75 Å². The van der Waals surface area contributed by atoms with Crippen molar-refractivity contribution >= 4 is 23.4 Å². The molecule has 4 rings (SSSR count). The lowest BCUT2D eigenvalue weighted by atomic mass is 10.1. The van der Waals surface area contributed by atoms with Gasteiger partial charge in [0.15, 0.2) is 23.0 Å². The topological polar surface area (TPSA) is 109 Å². The molecule has 0 radical (unpaired) electrons. The van der Waals surface area contributed by atoms with Gasteiger partial charge in [0.25, 0.3) is 5.69 Å². The Kier molecular flexibility index (Phi) is 5.89. The highest BCUT2D eigenvalue weighted by Gasteiger charge is 2.22. The highest BCUT2D eigenvalue weighted by atomic mass is 16.7. The number of ether oxygens (including phenoxy) is 4. The van der Waals surface area contributed by atoms with Crippen LogP contribution in [0.3, 0.4) is 0 Å². The number of nitro benzene ring substituents is 1. The van der Waals surface area contributed by atoms with Crippen LogP contribution in [0.5, 0.6) is 28.7 Å². The Labute approximate surface area is 182 Å². The zero-order valence-corrected chi connectivity index (χ0v) is 16.9. The number of para-hydroxylation sites is 2. The van der Waals surface area contributed by atoms with Crippen LogP contribution in [-0.4, -0.2) is 24.7 Å². The maximum Gasteiger partial charge on any atom is 0.280 e. The minimum Gasteiger partial charge on any atom is -0.493 e. The number of benzene rings is 3. The first-order chi connectivity index (χ1) is 15.5. The second kappa shape index (κ2) is 9.09. The van der Waals surface area contributed by atoms with Crippen LogP contribution >= 0.6 is 0 Å². The highest BCUT2D eigenvalue weighted by molar-refractivity contribution is 6.02. The van der Waals surface area contributed by atoms with Crippen LogP contribution in [0.4, 0.5) is 11.4 Å². The molecule has 32 heavy (non-hydrogen) atoms. The molecule has 9 heteroatoms. The molecule has 0 aliphatic carbocycles. The van der Waals surface area contributed by atoms with Crippen LogP contribution in [0.25, 0.3) is 6.08 Å². The zero-order valence-electron chi connectivity index (χ0n) is 16.9. The van der Waals surface area contributed by atoms with E-state index in [1.54, 1.807) is 43.5 Å². The maximum atomic E-state index is 12.3. The smallest absolute Gasteiger partial charge is 0.280 e. The second-order valence-corrected chi connectivity index (χ2v) is 6.62. The van der Waals surface area contributed by atoms with E-state index in [-0.39, 0.29) is 18.0 Å². The first-order valence-electron chi connectivity index (χ1n) is 9.51. The largest absolute Gasteiger partial charge is 0.493 e. The maximum absolute atomic E-state index is 12.3. The highest BCUT2D eigenvalue weighted by Crippen LogP contribution is 2.38. The van der Waals surface area contributed by atoms with Gasteiger partial charge in [-0.3, -0.25) is 14.9 Å². The van der Waals surface area contributed by atoms with Gasteiger partial charge in [-0.05, 0) is 48.5 Å². The molecule has 1 heterocycles. The molecule has 0 saturated heterocycles. The standard InChI is InChI=1S/C23H18N2O7/c1-29-19-4-2-3-5-20(19)32-17-9-7-16(8-10-17)24-23(26)11-6-15-12-21-22(31-14-30-21)13-18(15)25(27)28/h2-13H,14H2,1H3,(H,24,26)/b11-6+. The molecule has 1 amide bonds. The van der Waals surface area contributed by atoms with E-state index >= 15 is 0 Å². The SMILES string of the molecule is COc1ccccc1Oc1ccc(NC(=O)/C=C/c2cc3c(cc2[N+](=O)[O-])OCO3)cc1. The molecule has 0 unspecified atom stereocenters. The molecule has 0 bridgehead atoms. The fourth-order valence-electron chi connectivity index (χ4n) is 3.02. The number of nitro groups is 1. The summed E-state index contributed by atoms with van der Waals surface area (Å²) in [4.78, 5) is 23.1. The van der Waals surface area contributed by atoms with Crippen LogP contribution in [0, 0.1) is 10.1 Å². The van der Waals surface area contributed by atoms with E-state index in [1.807, 2.05) is 12.1 Å². The van der Waals surface area contributed by atoms with Crippen LogP contribution in [0.1, 0.15) is 5.56 Å². The van der Waals surface area contributed by atoms with Crippen molar-refractivity contribution in [3.05, 3.63) is 82.4 Å². The van der Waals surface area contributed by atoms with E-state index < -0.39 is 10.8 Å². The van der Waals surface area contributed by atoms with Gasteiger partial charge in [-0.1, -0.05) is 12.1 Å². The lowest BCUT2D eigenvalue weighted by Gasteiger charge is -2.10. The van der Waals surface area contributed by atoms with Crippen LogP contribution in [0.15, 0.2) is 66.7 Å². The summed E-state index contributed by atoms with van der Waals surface area (Å²) < 4.78 is 21.5. The molecule has 0 fully saturated rings. The Balaban J connectivity index is 1.42. The van der Waals surface area contributed by atoms with Crippen molar-refractivity contribution in [1.82, 2.24) is 0 Å². The van der Waals surface area contributed by atoms with E-state index in [1.165, 1.54) is 24.3 Å². The van der Waals surface area contributed by atoms with Gasteiger partial charge in [0.2, 0.25) is 12.7 Å². The number of methoxy groups -OCH3 is 1. The van der Waals surface area contributed by atoms with E-state index in [0.717, 1.165) is 0 Å². The molecule has 3 aromatic rings. The van der Waals surface area contributed by atoms with Gasteiger partial charge in [-0.15, -0.1) is 0 Å². The van der Waals surface area contributed by atoms with E-state index in [2.05, 4.69) is 5.32 Å². The van der Waals surface area contributed by atoms with Crippen molar-refractivity contribution in [3.8, 4) is 28.7 Å². The summed E-state index contributed by atoms with van der Waals surface area (Å²) in [6.45, 7) is -0.00307. The summed E-state index contributed by atoms with van der Waals surface area (Å²) >= 11 is 0. The van der Waals surface area contributed by atoms with E-state index in [0.29, 0.717) is 34.4 Å². The van der Waals surface area contributed by atoms with Crippen molar-refractivity contribution in [1.29, 1.82) is 0 Å². The second-order valence-electron chi connectivity index (χ2n) is 6.62. The van der Waals surface area contributed by atoms with Crippen molar-refractivity contribution in [2.45, 2.75) is 0 Å². The lowest BCUT2D eigenvalue weighted by Crippen LogP contribution is -2.07. The van der Waals surface area contributed by atoms with Crippen molar-refractivity contribution in [2.24, 2.45) is 0 Å². The van der Waals surface area contributed by atoms with Crippen molar-refractivity contribution in [2.75, 3.05) is 19.2 Å². The molecule has 1 aliphatic rings. The van der Waals surface area contributed by atoms with Crippen LogP contribution in [-0.2, 0) is 4.79 Å². The monoisotopic (exact) mass is 434 g/mol. The van der Waals surface area contributed by atoms with Gasteiger partial charge in [0.05, 0.1) is 23.7 Å². The van der Waals surface area contributed by atoms with Gasteiger partial charge >= 0.3 is 0 Å². The first-order valence-corrected chi connectivity index (χ1v) is 9.51. The summed E-state index contributed by atoms with van der Waals surface area (Å²) in [5.74, 6) is 1.98. The van der Waals surface area contributed by atoms with Crippen molar-refractivity contribution < 1.29 is 28.7 Å². The third kappa shape index (κ3) is 4.62. The fraction of sp³-hybridized carbons (Fsp3) is 0.0870. The number of amides is 1. The lowest BCUT2D eigenvalue weighted by molar-refractivity contribution is -0.385. The number of carbonyl (C=O) groups excluding carboxylic acids is 1. The Morgan fingerprint density at radius 1 is 1.06 bits per heavy atom. The zero-order chi connectivity index (χ0) is 22.5. The molecule has 0 atom stereocenters. The quantitative estimate of drug-likeness (QED) is 0.324. The summed E-state index contributed by atoms with van der Waals surface area (Å²) in [6, 6.07) is 16.8. The molecule has 1 N–H and O–H groups in total. The summed E-state index contributed by atoms with van der Waals surface area (Å²) in [7, 11) is 1.56. The van der Waals surface area contributed by atoms with Crippen LogP contribution < -0.4 is 24.3 Å². The molecule has 1 aliphatic heterocycles. The average molecular weight is 434 g/mol. The molecular formula is C23H18N2O7. The normalized spacial score (nSPS) is 11.9. The Morgan fingerprint density at radius 3 is 2.44 bits per heavy atom. The van der Waals surface area contributed by atoms with Gasteiger partial charge in [0, 0.05) is 11.8 Å². The minimum absolute atomic E-state index is 0.00307. The predicted octanol–water partition coefficient (Wildman–Crippen LogP) is 4.78.